The number of carbonyl (C=O) groups excluding carboxylic acids is 2. The van der Waals surface area contributed by atoms with Gasteiger partial charge < -0.3 is 39.4 Å². The van der Waals surface area contributed by atoms with E-state index in [0.29, 0.717) is 6.42 Å². The van der Waals surface area contributed by atoms with Crippen molar-refractivity contribution in [3.05, 3.63) is 12.2 Å². The molecule has 6 atom stereocenters. The van der Waals surface area contributed by atoms with Crippen LogP contribution >= 0.6 is 0 Å². The Hall–Kier alpha value is -1.56. The lowest BCUT2D eigenvalue weighted by atomic mass is 9.99. The average molecular weight is 757 g/mol. The largest absolute Gasteiger partial charge is 0.462 e. The van der Waals surface area contributed by atoms with E-state index in [-0.39, 0.29) is 32.0 Å². The lowest BCUT2D eigenvalue weighted by Gasteiger charge is -2.39. The number of allylic oxidation sites excluding steroid dienone is 2. The second-order valence-electron chi connectivity index (χ2n) is 15.2. The fraction of sp³-hybridized carbons (Fsp3) is 0.907. The van der Waals surface area contributed by atoms with E-state index in [0.717, 1.165) is 44.9 Å². The number of unbranched alkanes of at least 4 members (excludes halogenated alkanes) is 23. The van der Waals surface area contributed by atoms with Crippen molar-refractivity contribution in [2.75, 3.05) is 19.8 Å². The lowest BCUT2D eigenvalue weighted by Crippen LogP contribution is -2.59. The van der Waals surface area contributed by atoms with Crippen LogP contribution in [0.5, 0.6) is 0 Å². The highest BCUT2D eigenvalue weighted by atomic mass is 16.7. The molecule has 0 amide bonds. The maximum atomic E-state index is 12.7. The third-order valence-electron chi connectivity index (χ3n) is 10.2. The number of carbonyl (C=O) groups is 2. The summed E-state index contributed by atoms with van der Waals surface area (Å²) in [7, 11) is 0. The third-order valence-corrected chi connectivity index (χ3v) is 10.2. The van der Waals surface area contributed by atoms with Crippen LogP contribution in [0.4, 0.5) is 0 Å². The van der Waals surface area contributed by atoms with Gasteiger partial charge in [0.1, 0.15) is 31.0 Å². The lowest BCUT2D eigenvalue weighted by molar-refractivity contribution is -0.305. The number of aliphatic hydroxyl groups is 4. The van der Waals surface area contributed by atoms with Crippen molar-refractivity contribution in [2.24, 2.45) is 0 Å². The molecular weight excluding hydrogens is 676 g/mol. The van der Waals surface area contributed by atoms with Gasteiger partial charge in [0.2, 0.25) is 0 Å². The summed E-state index contributed by atoms with van der Waals surface area (Å²) in [5.74, 6) is -0.807. The van der Waals surface area contributed by atoms with Crippen LogP contribution in [0.15, 0.2) is 12.2 Å². The zero-order chi connectivity index (χ0) is 38.8. The van der Waals surface area contributed by atoms with Crippen molar-refractivity contribution in [1.82, 2.24) is 0 Å². The number of aliphatic hydroxyl groups excluding tert-OH is 4. The Bertz CT molecular complexity index is 881. The number of rotatable bonds is 36. The molecule has 0 bridgehead atoms. The molecule has 0 aromatic carbocycles. The van der Waals surface area contributed by atoms with E-state index in [1.54, 1.807) is 0 Å². The van der Waals surface area contributed by atoms with Crippen LogP contribution in [0.1, 0.15) is 194 Å². The predicted octanol–water partition coefficient (Wildman–Crippen LogP) is 8.78. The molecule has 312 valence electrons. The minimum absolute atomic E-state index is 0.213. The van der Waals surface area contributed by atoms with Gasteiger partial charge in [0, 0.05) is 12.8 Å². The summed E-state index contributed by atoms with van der Waals surface area (Å²) < 4.78 is 22.0. The number of esters is 2. The first-order valence-electron chi connectivity index (χ1n) is 21.8. The number of hydrogen-bond acceptors (Lipinski definition) is 10. The van der Waals surface area contributed by atoms with Gasteiger partial charge in [0.05, 0.1) is 13.2 Å². The van der Waals surface area contributed by atoms with Crippen LogP contribution in [0.2, 0.25) is 0 Å². The monoisotopic (exact) mass is 757 g/mol. The second kappa shape index (κ2) is 34.9. The Labute approximate surface area is 322 Å². The molecule has 1 heterocycles. The Morgan fingerprint density at radius 3 is 1.47 bits per heavy atom. The van der Waals surface area contributed by atoms with Gasteiger partial charge in [-0.2, -0.15) is 0 Å². The molecule has 53 heavy (non-hydrogen) atoms. The van der Waals surface area contributed by atoms with Crippen molar-refractivity contribution in [1.29, 1.82) is 0 Å². The highest BCUT2D eigenvalue weighted by molar-refractivity contribution is 5.70. The van der Waals surface area contributed by atoms with Crippen molar-refractivity contribution in [2.45, 2.75) is 230 Å². The Kier molecular flexibility index (Phi) is 32.6. The molecule has 0 aromatic heterocycles. The molecule has 0 aliphatic carbocycles. The Morgan fingerprint density at radius 2 is 1.00 bits per heavy atom. The molecule has 1 rings (SSSR count). The fourth-order valence-corrected chi connectivity index (χ4v) is 6.65. The maximum absolute atomic E-state index is 12.7. The van der Waals surface area contributed by atoms with Crippen molar-refractivity contribution in [3.8, 4) is 0 Å². The molecule has 1 aliphatic rings. The summed E-state index contributed by atoms with van der Waals surface area (Å²) in [6.07, 6.45) is 28.2. The van der Waals surface area contributed by atoms with Crippen LogP contribution in [0, 0.1) is 0 Å². The molecular formula is C43H80O10. The van der Waals surface area contributed by atoms with E-state index < -0.39 is 49.4 Å². The average Bonchev–Trinajstić information content (AvgIpc) is 3.15. The standard InChI is InChI=1S/C43H80O10/c1-3-5-7-9-11-12-13-14-15-16-17-18-19-20-21-22-23-24-26-28-30-32-39(46)52-36(34-50-38(45)31-29-27-25-10-8-6-4-2)35-51-43-42(49)41(48)40(47)37(33-44)53-43/h14-15,36-37,40-44,47-49H,3-13,16-35H2,1-2H3/b15-14+/t36-,37+,40-,41?,42?,43+/m1/s1. The van der Waals surface area contributed by atoms with E-state index in [9.17, 15) is 30.0 Å². The first kappa shape index (κ1) is 49.5. The minimum atomic E-state index is -1.59. The zero-order valence-corrected chi connectivity index (χ0v) is 33.8. The van der Waals surface area contributed by atoms with Crippen LogP contribution in [0.3, 0.4) is 0 Å². The van der Waals surface area contributed by atoms with E-state index in [1.807, 2.05) is 0 Å². The van der Waals surface area contributed by atoms with Gasteiger partial charge in [0.25, 0.3) is 0 Å². The van der Waals surface area contributed by atoms with E-state index >= 15 is 0 Å². The van der Waals surface area contributed by atoms with Crippen LogP contribution in [-0.2, 0) is 28.5 Å². The second-order valence-corrected chi connectivity index (χ2v) is 15.2. The van der Waals surface area contributed by atoms with Gasteiger partial charge >= 0.3 is 11.9 Å². The molecule has 4 N–H and O–H groups in total. The third kappa shape index (κ3) is 26.8. The number of ether oxygens (including phenoxy) is 4. The molecule has 1 aliphatic heterocycles. The molecule has 10 heteroatoms. The quantitative estimate of drug-likeness (QED) is 0.0277. The molecule has 1 saturated heterocycles. The highest BCUT2D eigenvalue weighted by Crippen LogP contribution is 2.23. The van der Waals surface area contributed by atoms with Crippen LogP contribution in [0.25, 0.3) is 0 Å². The Balaban J connectivity index is 2.24. The van der Waals surface area contributed by atoms with Gasteiger partial charge in [-0.3, -0.25) is 9.59 Å². The summed E-state index contributed by atoms with van der Waals surface area (Å²) in [5.41, 5.74) is 0. The fourth-order valence-electron chi connectivity index (χ4n) is 6.65. The summed E-state index contributed by atoms with van der Waals surface area (Å²) in [4.78, 5) is 25.1. The molecule has 2 unspecified atom stereocenters. The predicted molar refractivity (Wildman–Crippen MR) is 210 cm³/mol. The van der Waals surface area contributed by atoms with E-state index in [4.69, 9.17) is 18.9 Å². The molecule has 0 spiro atoms. The van der Waals surface area contributed by atoms with Crippen LogP contribution in [-0.4, -0.2) is 89.0 Å². The SMILES string of the molecule is CCCCCCCC/C=C/CCCCCCCCCCCCCC(=O)O[C@H](COC(=O)CCCCCCCCC)CO[C@H]1O[C@@H](CO)[C@@H](O)C(O)C1O. The summed E-state index contributed by atoms with van der Waals surface area (Å²) in [5, 5.41) is 39.9. The molecule has 0 saturated carbocycles. The van der Waals surface area contributed by atoms with Gasteiger partial charge in [0.15, 0.2) is 12.4 Å². The summed E-state index contributed by atoms with van der Waals surface area (Å²) >= 11 is 0. The summed E-state index contributed by atoms with van der Waals surface area (Å²) in [6, 6.07) is 0. The molecule has 0 radical (unpaired) electrons. The van der Waals surface area contributed by atoms with E-state index in [1.165, 1.54) is 116 Å². The van der Waals surface area contributed by atoms with Crippen LogP contribution < -0.4 is 0 Å². The molecule has 10 nitrogen and oxygen atoms in total. The van der Waals surface area contributed by atoms with Crippen molar-refractivity contribution >= 4 is 11.9 Å². The van der Waals surface area contributed by atoms with Gasteiger partial charge in [-0.1, -0.05) is 154 Å². The Morgan fingerprint density at radius 1 is 0.566 bits per heavy atom. The minimum Gasteiger partial charge on any atom is -0.462 e. The number of hydrogen-bond donors (Lipinski definition) is 4. The van der Waals surface area contributed by atoms with Gasteiger partial charge in [-0.25, -0.2) is 0 Å². The van der Waals surface area contributed by atoms with Gasteiger partial charge in [-0.15, -0.1) is 0 Å². The highest BCUT2D eigenvalue weighted by Gasteiger charge is 2.44. The zero-order valence-electron chi connectivity index (χ0n) is 33.8. The van der Waals surface area contributed by atoms with Gasteiger partial charge in [-0.05, 0) is 38.5 Å². The molecule has 1 fully saturated rings. The summed E-state index contributed by atoms with van der Waals surface area (Å²) in [6.45, 7) is 3.37. The first-order valence-corrected chi connectivity index (χ1v) is 21.8. The topological polar surface area (TPSA) is 152 Å². The normalized spacial score (nSPS) is 20.9. The maximum Gasteiger partial charge on any atom is 0.306 e. The smallest absolute Gasteiger partial charge is 0.306 e. The van der Waals surface area contributed by atoms with Crippen molar-refractivity contribution in [3.63, 3.8) is 0 Å². The van der Waals surface area contributed by atoms with Crippen molar-refractivity contribution < 1.29 is 49.0 Å². The molecule has 0 aromatic rings. The van der Waals surface area contributed by atoms with E-state index in [2.05, 4.69) is 26.0 Å². The first-order chi connectivity index (χ1) is 25.8.